The molecular weight excluding hydrogens is 226 g/mol. The van der Waals surface area contributed by atoms with Crippen LogP contribution in [0.2, 0.25) is 0 Å². The molecule has 1 aromatic rings. The van der Waals surface area contributed by atoms with E-state index in [2.05, 4.69) is 12.2 Å². The molecule has 4 nitrogen and oxygen atoms in total. The number of rotatable bonds is 6. The average molecular weight is 241 g/mol. The van der Waals surface area contributed by atoms with E-state index in [0.717, 1.165) is 17.7 Å². The van der Waals surface area contributed by atoms with E-state index in [1.165, 1.54) is 11.3 Å². The van der Waals surface area contributed by atoms with E-state index < -0.39 is 0 Å². The van der Waals surface area contributed by atoms with Crippen molar-refractivity contribution in [2.45, 2.75) is 26.7 Å². The summed E-state index contributed by atoms with van der Waals surface area (Å²) in [7, 11) is 0. The molecule has 0 radical (unpaired) electrons. The Morgan fingerprint density at radius 3 is 2.88 bits per heavy atom. The third kappa shape index (κ3) is 3.06. The number of carbonyl (C=O) groups excluding carboxylic acids is 2. The Hall–Kier alpha value is -1.36. The Labute approximate surface area is 98.6 Å². The van der Waals surface area contributed by atoms with Crippen molar-refractivity contribution in [1.82, 2.24) is 0 Å². The van der Waals surface area contributed by atoms with Crippen molar-refractivity contribution in [3.63, 3.8) is 0 Å². The molecular formula is C11H15NO3S. The Morgan fingerprint density at radius 1 is 1.56 bits per heavy atom. The zero-order valence-corrected chi connectivity index (χ0v) is 10.2. The number of aryl methyl sites for hydroxylation is 1. The molecule has 1 amide bonds. The lowest BCUT2D eigenvalue weighted by Crippen LogP contribution is -2.06. The Bertz CT molecular complexity index is 373. The first-order valence-electron chi connectivity index (χ1n) is 5.22. The lowest BCUT2D eigenvalue weighted by atomic mass is 10.2. The van der Waals surface area contributed by atoms with E-state index in [0.29, 0.717) is 23.6 Å². The van der Waals surface area contributed by atoms with Crippen molar-refractivity contribution >= 4 is 28.7 Å². The number of hydrogen-bond donors (Lipinski definition) is 1. The molecule has 5 heteroatoms. The Balaban J connectivity index is 2.94. The van der Waals surface area contributed by atoms with Crippen LogP contribution >= 0.6 is 11.3 Å². The van der Waals surface area contributed by atoms with Crippen molar-refractivity contribution in [3.8, 4) is 0 Å². The summed E-state index contributed by atoms with van der Waals surface area (Å²) in [5.74, 6) is -0.384. The lowest BCUT2D eigenvalue weighted by molar-refractivity contribution is -0.105. The molecule has 0 aliphatic rings. The molecule has 0 atom stereocenters. The number of carbonyl (C=O) groups is 2. The molecule has 1 rings (SSSR count). The SMILES string of the molecule is CCCc1cc(C(=O)OCC)c(NC=O)s1. The first-order chi connectivity index (χ1) is 7.72. The van der Waals surface area contributed by atoms with Crippen molar-refractivity contribution in [2.75, 3.05) is 11.9 Å². The monoisotopic (exact) mass is 241 g/mol. The van der Waals surface area contributed by atoms with Crippen LogP contribution in [-0.2, 0) is 16.0 Å². The first kappa shape index (κ1) is 12.7. The molecule has 1 heterocycles. The predicted octanol–water partition coefficient (Wildman–Crippen LogP) is 2.45. The van der Waals surface area contributed by atoms with Gasteiger partial charge in [0.2, 0.25) is 6.41 Å². The second-order valence-corrected chi connectivity index (χ2v) is 4.32. The van der Waals surface area contributed by atoms with E-state index in [4.69, 9.17) is 4.74 Å². The molecule has 1 aromatic heterocycles. The number of hydrogen-bond acceptors (Lipinski definition) is 4. The van der Waals surface area contributed by atoms with Gasteiger partial charge in [0.25, 0.3) is 0 Å². The van der Waals surface area contributed by atoms with Crippen LogP contribution in [-0.4, -0.2) is 19.0 Å². The highest BCUT2D eigenvalue weighted by molar-refractivity contribution is 7.16. The smallest absolute Gasteiger partial charge is 0.341 e. The first-order valence-corrected chi connectivity index (χ1v) is 6.04. The summed E-state index contributed by atoms with van der Waals surface area (Å²) in [6.07, 6.45) is 2.48. The zero-order chi connectivity index (χ0) is 12.0. The highest BCUT2D eigenvalue weighted by atomic mass is 32.1. The fourth-order valence-corrected chi connectivity index (χ4v) is 2.44. The minimum absolute atomic E-state index is 0.332. The fourth-order valence-electron chi connectivity index (χ4n) is 1.33. The summed E-state index contributed by atoms with van der Waals surface area (Å²) in [5.41, 5.74) is 0.447. The lowest BCUT2D eigenvalue weighted by Gasteiger charge is -2.01. The van der Waals surface area contributed by atoms with E-state index in [1.807, 2.05) is 0 Å². The van der Waals surface area contributed by atoms with Gasteiger partial charge in [0.05, 0.1) is 12.2 Å². The van der Waals surface area contributed by atoms with E-state index >= 15 is 0 Å². The second-order valence-electron chi connectivity index (χ2n) is 3.19. The number of esters is 1. The molecule has 0 aromatic carbocycles. The molecule has 0 aliphatic heterocycles. The van der Waals surface area contributed by atoms with Gasteiger partial charge in [-0.1, -0.05) is 13.3 Å². The van der Waals surface area contributed by atoms with Gasteiger partial charge in [0, 0.05) is 4.88 Å². The van der Waals surface area contributed by atoms with Crippen molar-refractivity contribution in [3.05, 3.63) is 16.5 Å². The topological polar surface area (TPSA) is 55.4 Å². The average Bonchev–Trinajstić information content (AvgIpc) is 2.63. The molecule has 16 heavy (non-hydrogen) atoms. The van der Waals surface area contributed by atoms with Gasteiger partial charge >= 0.3 is 5.97 Å². The van der Waals surface area contributed by atoms with Gasteiger partial charge in [0.1, 0.15) is 5.00 Å². The van der Waals surface area contributed by atoms with Crippen molar-refractivity contribution in [2.24, 2.45) is 0 Å². The third-order valence-corrected chi connectivity index (χ3v) is 3.09. The molecule has 88 valence electrons. The Morgan fingerprint density at radius 2 is 2.31 bits per heavy atom. The van der Waals surface area contributed by atoms with Crippen LogP contribution in [0, 0.1) is 0 Å². The molecule has 0 spiro atoms. The molecule has 0 fully saturated rings. The second kappa shape index (κ2) is 6.27. The van der Waals surface area contributed by atoms with Gasteiger partial charge < -0.3 is 10.1 Å². The third-order valence-electron chi connectivity index (χ3n) is 1.96. The maximum absolute atomic E-state index is 11.6. The van der Waals surface area contributed by atoms with Gasteiger partial charge in [-0.2, -0.15) is 0 Å². The number of nitrogens with one attached hydrogen (secondary N) is 1. The zero-order valence-electron chi connectivity index (χ0n) is 9.41. The molecule has 0 saturated carbocycles. The van der Waals surface area contributed by atoms with Gasteiger partial charge in [-0.3, -0.25) is 4.79 Å². The molecule has 0 bridgehead atoms. The number of anilines is 1. The highest BCUT2D eigenvalue weighted by Gasteiger charge is 2.16. The number of amides is 1. The molecule has 0 aliphatic carbocycles. The highest BCUT2D eigenvalue weighted by Crippen LogP contribution is 2.29. The van der Waals surface area contributed by atoms with Crippen molar-refractivity contribution in [1.29, 1.82) is 0 Å². The molecule has 1 N–H and O–H groups in total. The summed E-state index contributed by atoms with van der Waals surface area (Å²) in [5, 5.41) is 3.10. The molecule has 0 saturated heterocycles. The minimum Gasteiger partial charge on any atom is -0.462 e. The largest absolute Gasteiger partial charge is 0.462 e. The van der Waals surface area contributed by atoms with Gasteiger partial charge in [0.15, 0.2) is 0 Å². The minimum atomic E-state index is -0.384. The maximum Gasteiger partial charge on any atom is 0.341 e. The van der Waals surface area contributed by atoms with E-state index in [1.54, 1.807) is 13.0 Å². The van der Waals surface area contributed by atoms with Gasteiger partial charge in [-0.05, 0) is 19.4 Å². The van der Waals surface area contributed by atoms with Crippen molar-refractivity contribution < 1.29 is 14.3 Å². The van der Waals surface area contributed by atoms with Crippen LogP contribution in [0.5, 0.6) is 0 Å². The number of ether oxygens (including phenoxy) is 1. The number of thiophene rings is 1. The van der Waals surface area contributed by atoms with Gasteiger partial charge in [-0.15, -0.1) is 11.3 Å². The maximum atomic E-state index is 11.6. The molecule has 0 unspecified atom stereocenters. The summed E-state index contributed by atoms with van der Waals surface area (Å²) in [6.45, 7) is 4.15. The quantitative estimate of drug-likeness (QED) is 0.614. The Kier molecular flexibility index (Phi) is 4.98. The summed E-state index contributed by atoms with van der Waals surface area (Å²) in [4.78, 5) is 23.1. The van der Waals surface area contributed by atoms with Crippen LogP contribution < -0.4 is 5.32 Å². The predicted molar refractivity (Wildman–Crippen MR) is 64.0 cm³/mol. The van der Waals surface area contributed by atoms with Crippen LogP contribution in [0.25, 0.3) is 0 Å². The standard InChI is InChI=1S/C11H15NO3S/c1-3-5-8-6-9(11(14)15-4-2)10(16-8)12-7-13/h6-7H,3-5H2,1-2H3,(H,12,13). The summed E-state index contributed by atoms with van der Waals surface area (Å²) in [6, 6.07) is 1.79. The van der Waals surface area contributed by atoms with Crippen LogP contribution in [0.15, 0.2) is 6.07 Å². The van der Waals surface area contributed by atoms with E-state index in [9.17, 15) is 9.59 Å². The van der Waals surface area contributed by atoms with Gasteiger partial charge in [-0.25, -0.2) is 4.79 Å². The van der Waals surface area contributed by atoms with Crippen LogP contribution in [0.3, 0.4) is 0 Å². The summed E-state index contributed by atoms with van der Waals surface area (Å²) < 4.78 is 4.92. The normalized spacial score (nSPS) is 9.88. The van der Waals surface area contributed by atoms with Crippen LogP contribution in [0.4, 0.5) is 5.00 Å². The van der Waals surface area contributed by atoms with E-state index in [-0.39, 0.29) is 5.97 Å². The fraction of sp³-hybridized carbons (Fsp3) is 0.455. The van der Waals surface area contributed by atoms with Crippen LogP contribution in [0.1, 0.15) is 35.5 Å². The summed E-state index contributed by atoms with van der Waals surface area (Å²) >= 11 is 1.42.